The van der Waals surface area contributed by atoms with Crippen LogP contribution in [0.25, 0.3) is 0 Å². The number of hydrogen-bond donors (Lipinski definition) is 1. The van der Waals surface area contributed by atoms with E-state index >= 15 is 0 Å². The zero-order valence-electron chi connectivity index (χ0n) is 8.34. The molecule has 0 saturated carbocycles. The minimum Gasteiger partial charge on any atom is -0.481 e. The molecule has 1 N–H and O–H groups in total. The van der Waals surface area contributed by atoms with Crippen LogP contribution in [0, 0.1) is 11.6 Å². The van der Waals surface area contributed by atoms with E-state index in [2.05, 4.69) is 0 Å². The molecule has 1 aromatic carbocycles. The van der Waals surface area contributed by atoms with Crippen molar-refractivity contribution < 1.29 is 18.7 Å². The number of rotatable bonds is 4. The topological polar surface area (TPSA) is 37.3 Å². The molecule has 0 aliphatic carbocycles. The molecule has 0 aliphatic heterocycles. The summed E-state index contributed by atoms with van der Waals surface area (Å²) in [7, 11) is 0. The standard InChI is InChI=1S/C11H12F2O2/c1-2-4-7(11(14)15)10-8(12)5-3-6-9(10)13/h3,5-7H,2,4H2,1H3,(H,14,15). The first-order valence-corrected chi connectivity index (χ1v) is 4.74. The number of aliphatic carboxylic acids is 1. The van der Waals surface area contributed by atoms with Crippen LogP contribution in [0.15, 0.2) is 18.2 Å². The molecule has 0 aliphatic rings. The van der Waals surface area contributed by atoms with E-state index in [9.17, 15) is 13.6 Å². The van der Waals surface area contributed by atoms with Gasteiger partial charge in [0.05, 0.1) is 5.92 Å². The lowest BCUT2D eigenvalue weighted by Gasteiger charge is -2.13. The van der Waals surface area contributed by atoms with E-state index in [4.69, 9.17) is 5.11 Å². The van der Waals surface area contributed by atoms with Gasteiger partial charge in [0.2, 0.25) is 0 Å². The van der Waals surface area contributed by atoms with Gasteiger partial charge in [0, 0.05) is 5.56 Å². The highest BCUT2D eigenvalue weighted by molar-refractivity contribution is 5.76. The average molecular weight is 214 g/mol. The highest BCUT2D eigenvalue weighted by Gasteiger charge is 2.25. The Bertz CT molecular complexity index is 343. The second-order valence-corrected chi connectivity index (χ2v) is 3.31. The van der Waals surface area contributed by atoms with Gasteiger partial charge in [0.15, 0.2) is 0 Å². The summed E-state index contributed by atoms with van der Waals surface area (Å²) < 4.78 is 26.6. The largest absolute Gasteiger partial charge is 0.481 e. The molecule has 15 heavy (non-hydrogen) atoms. The Morgan fingerprint density at radius 1 is 1.40 bits per heavy atom. The maximum absolute atomic E-state index is 13.3. The molecular formula is C11H12F2O2. The molecule has 0 aromatic heterocycles. The van der Waals surface area contributed by atoms with Crippen molar-refractivity contribution in [1.82, 2.24) is 0 Å². The van der Waals surface area contributed by atoms with Gasteiger partial charge in [-0.15, -0.1) is 0 Å². The lowest BCUT2D eigenvalue weighted by molar-refractivity contribution is -0.139. The fraction of sp³-hybridized carbons (Fsp3) is 0.364. The van der Waals surface area contributed by atoms with Crippen LogP contribution in [0.1, 0.15) is 31.2 Å². The van der Waals surface area contributed by atoms with E-state index in [1.807, 2.05) is 0 Å². The lowest BCUT2D eigenvalue weighted by Crippen LogP contribution is -2.14. The second-order valence-electron chi connectivity index (χ2n) is 3.31. The predicted molar refractivity (Wildman–Crippen MR) is 51.6 cm³/mol. The Hall–Kier alpha value is -1.45. The van der Waals surface area contributed by atoms with Crippen molar-refractivity contribution in [3.8, 4) is 0 Å². The molecule has 0 heterocycles. The molecular weight excluding hydrogens is 202 g/mol. The first-order chi connectivity index (χ1) is 7.07. The summed E-state index contributed by atoms with van der Waals surface area (Å²) in [5.74, 6) is -3.89. The Labute approximate surface area is 86.5 Å². The highest BCUT2D eigenvalue weighted by Crippen LogP contribution is 2.26. The van der Waals surface area contributed by atoms with Crippen LogP contribution in [-0.4, -0.2) is 11.1 Å². The third kappa shape index (κ3) is 2.52. The molecule has 0 saturated heterocycles. The first-order valence-electron chi connectivity index (χ1n) is 4.74. The van der Waals surface area contributed by atoms with Crippen LogP contribution in [0.2, 0.25) is 0 Å². The summed E-state index contributed by atoms with van der Waals surface area (Å²) in [6, 6.07) is 3.37. The SMILES string of the molecule is CCCC(C(=O)O)c1c(F)cccc1F. The Kier molecular flexibility index (Phi) is 3.77. The third-order valence-corrected chi connectivity index (χ3v) is 2.22. The van der Waals surface area contributed by atoms with Crippen molar-refractivity contribution in [1.29, 1.82) is 0 Å². The number of carboxylic acids is 1. The fourth-order valence-corrected chi connectivity index (χ4v) is 1.52. The molecule has 1 aromatic rings. The predicted octanol–water partition coefficient (Wildman–Crippen LogP) is 2.93. The summed E-state index contributed by atoms with van der Waals surface area (Å²) >= 11 is 0. The third-order valence-electron chi connectivity index (χ3n) is 2.22. The van der Waals surface area contributed by atoms with Crippen LogP contribution >= 0.6 is 0 Å². The van der Waals surface area contributed by atoms with E-state index in [0.29, 0.717) is 6.42 Å². The van der Waals surface area contributed by atoms with E-state index in [1.54, 1.807) is 6.92 Å². The van der Waals surface area contributed by atoms with Crippen molar-refractivity contribution in [2.24, 2.45) is 0 Å². The number of carboxylic acid groups (broad SMARTS) is 1. The maximum Gasteiger partial charge on any atom is 0.311 e. The molecule has 0 bridgehead atoms. The zero-order valence-corrected chi connectivity index (χ0v) is 8.34. The zero-order chi connectivity index (χ0) is 11.4. The summed E-state index contributed by atoms with van der Waals surface area (Å²) in [6.07, 6.45) is 0.790. The number of carbonyl (C=O) groups is 1. The highest BCUT2D eigenvalue weighted by atomic mass is 19.1. The second kappa shape index (κ2) is 4.87. The summed E-state index contributed by atoms with van der Waals surface area (Å²) in [4.78, 5) is 10.9. The quantitative estimate of drug-likeness (QED) is 0.836. The summed E-state index contributed by atoms with van der Waals surface area (Å²) in [5.41, 5.74) is -0.341. The molecule has 2 nitrogen and oxygen atoms in total. The van der Waals surface area contributed by atoms with E-state index in [0.717, 1.165) is 12.1 Å². The Morgan fingerprint density at radius 2 is 1.93 bits per heavy atom. The molecule has 0 radical (unpaired) electrons. The smallest absolute Gasteiger partial charge is 0.311 e. The van der Waals surface area contributed by atoms with Crippen molar-refractivity contribution in [3.05, 3.63) is 35.4 Å². The number of benzene rings is 1. The Balaban J connectivity index is 3.15. The van der Waals surface area contributed by atoms with Gasteiger partial charge in [0.25, 0.3) is 0 Å². The summed E-state index contributed by atoms with van der Waals surface area (Å²) in [6.45, 7) is 1.77. The minimum absolute atomic E-state index is 0.229. The van der Waals surface area contributed by atoms with Crippen molar-refractivity contribution in [3.63, 3.8) is 0 Å². The van der Waals surface area contributed by atoms with Gasteiger partial charge in [-0.2, -0.15) is 0 Å². The van der Waals surface area contributed by atoms with Crippen molar-refractivity contribution >= 4 is 5.97 Å². The molecule has 1 unspecified atom stereocenters. The van der Waals surface area contributed by atoms with Gasteiger partial charge in [-0.3, -0.25) is 4.79 Å². The van der Waals surface area contributed by atoms with Crippen LogP contribution in [0.5, 0.6) is 0 Å². The fourth-order valence-electron chi connectivity index (χ4n) is 1.52. The van der Waals surface area contributed by atoms with Crippen molar-refractivity contribution in [2.45, 2.75) is 25.7 Å². The van der Waals surface area contributed by atoms with E-state index < -0.39 is 23.5 Å². The molecule has 0 amide bonds. The van der Waals surface area contributed by atoms with Gasteiger partial charge in [-0.25, -0.2) is 8.78 Å². The van der Waals surface area contributed by atoms with E-state index in [-0.39, 0.29) is 12.0 Å². The van der Waals surface area contributed by atoms with Crippen LogP contribution in [-0.2, 0) is 4.79 Å². The summed E-state index contributed by atoms with van der Waals surface area (Å²) in [5, 5.41) is 8.87. The molecule has 0 fully saturated rings. The Morgan fingerprint density at radius 3 is 2.33 bits per heavy atom. The van der Waals surface area contributed by atoms with Gasteiger partial charge in [-0.1, -0.05) is 19.4 Å². The molecule has 4 heteroatoms. The van der Waals surface area contributed by atoms with Crippen LogP contribution in [0.4, 0.5) is 8.78 Å². The van der Waals surface area contributed by atoms with Gasteiger partial charge >= 0.3 is 5.97 Å². The van der Waals surface area contributed by atoms with Gasteiger partial charge in [0.1, 0.15) is 11.6 Å². The first kappa shape index (κ1) is 11.6. The molecule has 0 spiro atoms. The lowest BCUT2D eigenvalue weighted by atomic mass is 9.94. The van der Waals surface area contributed by atoms with Crippen LogP contribution < -0.4 is 0 Å². The monoisotopic (exact) mass is 214 g/mol. The normalized spacial score (nSPS) is 12.5. The van der Waals surface area contributed by atoms with Gasteiger partial charge in [-0.05, 0) is 18.6 Å². The van der Waals surface area contributed by atoms with Gasteiger partial charge < -0.3 is 5.11 Å². The molecule has 82 valence electrons. The van der Waals surface area contributed by atoms with E-state index in [1.165, 1.54) is 6.07 Å². The maximum atomic E-state index is 13.3. The number of halogens is 2. The van der Waals surface area contributed by atoms with Crippen LogP contribution in [0.3, 0.4) is 0 Å². The molecule has 1 rings (SSSR count). The minimum atomic E-state index is -1.19. The van der Waals surface area contributed by atoms with Crippen molar-refractivity contribution in [2.75, 3.05) is 0 Å². The number of hydrogen-bond acceptors (Lipinski definition) is 1. The average Bonchev–Trinajstić information content (AvgIpc) is 2.15. The molecule has 1 atom stereocenters.